The lowest BCUT2D eigenvalue weighted by molar-refractivity contribution is 0.535. The molecule has 0 amide bonds. The Kier molecular flexibility index (Phi) is 2.18. The van der Waals surface area contributed by atoms with Crippen molar-refractivity contribution in [1.82, 2.24) is 9.97 Å². The molecule has 0 radical (unpaired) electrons. The summed E-state index contributed by atoms with van der Waals surface area (Å²) < 4.78 is 5.19. The zero-order valence-corrected chi connectivity index (χ0v) is 8.11. The molecule has 1 N–H and O–H groups in total. The van der Waals surface area contributed by atoms with Gasteiger partial charge in [-0.1, -0.05) is 0 Å². The third kappa shape index (κ3) is 1.46. The van der Waals surface area contributed by atoms with E-state index in [9.17, 15) is 0 Å². The van der Waals surface area contributed by atoms with E-state index in [0.717, 1.165) is 17.1 Å². The van der Waals surface area contributed by atoms with Gasteiger partial charge in [-0.25, -0.2) is 9.97 Å². The molecule has 0 saturated heterocycles. The summed E-state index contributed by atoms with van der Waals surface area (Å²) in [6.07, 6.45) is 3.36. The van der Waals surface area contributed by atoms with E-state index < -0.39 is 0 Å². The smallest absolute Gasteiger partial charge is 0.165 e. The lowest BCUT2D eigenvalue weighted by atomic mass is 10.2. The molecule has 0 aliphatic rings. The molecule has 14 heavy (non-hydrogen) atoms. The zero-order chi connectivity index (χ0) is 9.97. The fourth-order valence-electron chi connectivity index (χ4n) is 1.24. The second-order valence-electron chi connectivity index (χ2n) is 2.91. The molecular weight excluding hydrogens is 178 g/mol. The first-order valence-electron chi connectivity index (χ1n) is 4.36. The third-order valence-electron chi connectivity index (χ3n) is 2.01. The summed E-state index contributed by atoms with van der Waals surface area (Å²) in [4.78, 5) is 8.49. The van der Waals surface area contributed by atoms with Gasteiger partial charge < -0.3 is 9.73 Å². The van der Waals surface area contributed by atoms with Gasteiger partial charge in [0.15, 0.2) is 5.82 Å². The Labute approximate surface area is 82.0 Å². The van der Waals surface area contributed by atoms with Crippen molar-refractivity contribution < 1.29 is 4.42 Å². The van der Waals surface area contributed by atoms with Crippen LogP contribution < -0.4 is 5.32 Å². The average Bonchev–Trinajstić information content (AvgIpc) is 2.65. The molecule has 0 aliphatic carbocycles. The molecule has 2 heterocycles. The van der Waals surface area contributed by atoms with Crippen LogP contribution in [-0.2, 0) is 0 Å². The van der Waals surface area contributed by atoms with Crippen molar-refractivity contribution in [1.29, 1.82) is 0 Å². The highest BCUT2D eigenvalue weighted by Gasteiger charge is 2.07. The van der Waals surface area contributed by atoms with E-state index in [2.05, 4.69) is 15.3 Å². The summed E-state index contributed by atoms with van der Waals surface area (Å²) in [6, 6.07) is 3.68. The summed E-state index contributed by atoms with van der Waals surface area (Å²) >= 11 is 0. The highest BCUT2D eigenvalue weighted by atomic mass is 16.3. The van der Waals surface area contributed by atoms with Gasteiger partial charge in [0.25, 0.3) is 0 Å². The van der Waals surface area contributed by atoms with Crippen molar-refractivity contribution in [2.75, 3.05) is 12.4 Å². The van der Waals surface area contributed by atoms with E-state index in [4.69, 9.17) is 4.42 Å². The van der Waals surface area contributed by atoms with E-state index in [-0.39, 0.29) is 0 Å². The lowest BCUT2D eigenvalue weighted by Gasteiger charge is -2.01. The number of rotatable bonds is 2. The predicted octanol–water partition coefficient (Wildman–Crippen LogP) is 2.09. The van der Waals surface area contributed by atoms with E-state index in [0.29, 0.717) is 5.82 Å². The van der Waals surface area contributed by atoms with Gasteiger partial charge in [0, 0.05) is 13.2 Å². The first kappa shape index (κ1) is 8.74. The molecule has 4 heteroatoms. The topological polar surface area (TPSA) is 51.0 Å². The average molecular weight is 189 g/mol. The predicted molar refractivity (Wildman–Crippen MR) is 54.0 cm³/mol. The van der Waals surface area contributed by atoms with Crippen molar-refractivity contribution in [2.24, 2.45) is 0 Å². The standard InChI is InChI=1S/C10H11N3O/c1-7-8(4-6-14-7)10-12-5-3-9(11-2)13-10/h3-6H,1-2H3,(H,11,12,13). The van der Waals surface area contributed by atoms with Crippen LogP contribution in [0.2, 0.25) is 0 Å². The quantitative estimate of drug-likeness (QED) is 0.785. The molecular formula is C10H11N3O. The molecule has 0 aliphatic heterocycles. The van der Waals surface area contributed by atoms with Crippen LogP contribution in [0.5, 0.6) is 0 Å². The molecule has 4 nitrogen and oxygen atoms in total. The second-order valence-corrected chi connectivity index (χ2v) is 2.91. The van der Waals surface area contributed by atoms with E-state index in [1.165, 1.54) is 0 Å². The van der Waals surface area contributed by atoms with Gasteiger partial charge in [0.05, 0.1) is 11.8 Å². The fourth-order valence-corrected chi connectivity index (χ4v) is 1.24. The monoisotopic (exact) mass is 189 g/mol. The fraction of sp³-hybridized carbons (Fsp3) is 0.200. The minimum atomic E-state index is 0.683. The number of aromatic nitrogens is 2. The molecule has 0 spiro atoms. The van der Waals surface area contributed by atoms with Crippen LogP contribution in [0, 0.1) is 6.92 Å². The van der Waals surface area contributed by atoms with Gasteiger partial charge in [-0.15, -0.1) is 0 Å². The number of anilines is 1. The molecule has 0 fully saturated rings. The molecule has 2 aromatic heterocycles. The van der Waals surface area contributed by atoms with Gasteiger partial charge in [-0.3, -0.25) is 0 Å². The van der Waals surface area contributed by atoms with Crippen LogP contribution in [-0.4, -0.2) is 17.0 Å². The number of hydrogen-bond donors (Lipinski definition) is 1. The molecule has 0 aromatic carbocycles. The normalized spacial score (nSPS) is 10.1. The van der Waals surface area contributed by atoms with E-state index in [1.807, 2.05) is 26.1 Å². The van der Waals surface area contributed by atoms with Gasteiger partial charge in [0.2, 0.25) is 0 Å². The van der Waals surface area contributed by atoms with Crippen LogP contribution >= 0.6 is 0 Å². The lowest BCUT2D eigenvalue weighted by Crippen LogP contribution is -1.95. The van der Waals surface area contributed by atoms with Crippen molar-refractivity contribution in [3.05, 3.63) is 30.4 Å². The Balaban J connectivity index is 2.47. The Morgan fingerprint density at radius 2 is 2.21 bits per heavy atom. The minimum absolute atomic E-state index is 0.683. The molecule has 0 saturated carbocycles. The van der Waals surface area contributed by atoms with Crippen LogP contribution in [0.3, 0.4) is 0 Å². The molecule has 2 aromatic rings. The molecule has 0 bridgehead atoms. The number of furan rings is 1. The Morgan fingerprint density at radius 1 is 1.36 bits per heavy atom. The number of nitrogens with one attached hydrogen (secondary N) is 1. The van der Waals surface area contributed by atoms with Crippen LogP contribution in [0.1, 0.15) is 5.76 Å². The maximum absolute atomic E-state index is 5.19. The van der Waals surface area contributed by atoms with Crippen molar-refractivity contribution in [2.45, 2.75) is 6.92 Å². The first-order valence-corrected chi connectivity index (χ1v) is 4.36. The number of aryl methyl sites for hydroxylation is 1. The van der Waals surface area contributed by atoms with Gasteiger partial charge >= 0.3 is 0 Å². The first-order chi connectivity index (χ1) is 6.81. The summed E-state index contributed by atoms with van der Waals surface area (Å²) in [5.41, 5.74) is 0.933. The SMILES string of the molecule is CNc1ccnc(-c2ccoc2C)n1. The maximum atomic E-state index is 5.19. The Bertz CT molecular complexity index is 436. The number of hydrogen-bond acceptors (Lipinski definition) is 4. The van der Waals surface area contributed by atoms with Crippen molar-refractivity contribution >= 4 is 5.82 Å². The Hall–Kier alpha value is -1.84. The van der Waals surface area contributed by atoms with Crippen molar-refractivity contribution in [3.63, 3.8) is 0 Å². The largest absolute Gasteiger partial charge is 0.469 e. The van der Waals surface area contributed by atoms with Crippen LogP contribution in [0.25, 0.3) is 11.4 Å². The van der Waals surface area contributed by atoms with E-state index in [1.54, 1.807) is 12.5 Å². The highest BCUT2D eigenvalue weighted by Crippen LogP contribution is 2.20. The maximum Gasteiger partial charge on any atom is 0.165 e. The molecule has 2 rings (SSSR count). The summed E-state index contributed by atoms with van der Waals surface area (Å²) in [5.74, 6) is 2.32. The Morgan fingerprint density at radius 3 is 2.86 bits per heavy atom. The van der Waals surface area contributed by atoms with Crippen molar-refractivity contribution in [3.8, 4) is 11.4 Å². The number of nitrogens with zero attached hydrogens (tertiary/aromatic N) is 2. The second kappa shape index (κ2) is 3.49. The molecule has 0 unspecified atom stereocenters. The van der Waals surface area contributed by atoms with Gasteiger partial charge in [0.1, 0.15) is 11.6 Å². The molecule has 0 atom stereocenters. The molecule has 72 valence electrons. The summed E-state index contributed by atoms with van der Waals surface area (Å²) in [7, 11) is 1.83. The zero-order valence-electron chi connectivity index (χ0n) is 8.11. The third-order valence-corrected chi connectivity index (χ3v) is 2.01. The summed E-state index contributed by atoms with van der Waals surface area (Å²) in [5, 5.41) is 2.97. The van der Waals surface area contributed by atoms with E-state index >= 15 is 0 Å². The van der Waals surface area contributed by atoms with Crippen LogP contribution in [0.4, 0.5) is 5.82 Å². The van der Waals surface area contributed by atoms with Gasteiger partial charge in [-0.05, 0) is 19.1 Å². The minimum Gasteiger partial charge on any atom is -0.469 e. The summed E-state index contributed by atoms with van der Waals surface area (Å²) in [6.45, 7) is 1.89. The van der Waals surface area contributed by atoms with Gasteiger partial charge in [-0.2, -0.15) is 0 Å². The highest BCUT2D eigenvalue weighted by molar-refractivity contribution is 5.58. The van der Waals surface area contributed by atoms with Crippen LogP contribution in [0.15, 0.2) is 29.0 Å².